The molecule has 0 radical (unpaired) electrons. The Morgan fingerprint density at radius 3 is 2.64 bits per heavy atom. The molecule has 0 unspecified atom stereocenters. The van der Waals surface area contributed by atoms with E-state index < -0.39 is 5.97 Å². The Labute approximate surface area is 153 Å². The number of aromatic nitrogens is 3. The second kappa shape index (κ2) is 6.59. The maximum atomic E-state index is 10.8. The van der Waals surface area contributed by atoms with Gasteiger partial charge in [0, 0.05) is 12.4 Å². The first kappa shape index (κ1) is 16.3. The molecule has 0 spiro atoms. The van der Waals surface area contributed by atoms with E-state index in [9.17, 15) is 9.90 Å². The van der Waals surface area contributed by atoms with Gasteiger partial charge in [0.05, 0.1) is 6.54 Å². The van der Waals surface area contributed by atoms with Crippen molar-refractivity contribution in [3.63, 3.8) is 0 Å². The molecule has 0 bridgehead atoms. The highest BCUT2D eigenvalue weighted by Gasteiger charge is 2.25. The highest BCUT2D eigenvalue weighted by Crippen LogP contribution is 2.43. The van der Waals surface area contributed by atoms with Crippen molar-refractivity contribution in [3.05, 3.63) is 58.1 Å². The fourth-order valence-electron chi connectivity index (χ4n) is 3.31. The molecule has 6 heteroatoms. The second-order valence-electron chi connectivity index (χ2n) is 6.48. The number of halogens is 1. The molecule has 128 valence electrons. The number of fused-ring (bicyclic) bond motifs is 1. The standard InChI is InChI=1S/C19H18BrN3O2/c20-19-22-21-17(9-10-18(24)25)23(19)11-13-7-8-15(12-5-6-12)16-4-2-1-3-14(13)16/h1-4,7-8,12H,5-6,9-11H2,(H,24,25)/p-1. The Balaban J connectivity index is 1.71. The summed E-state index contributed by atoms with van der Waals surface area (Å²) in [5, 5.41) is 21.4. The van der Waals surface area contributed by atoms with Gasteiger partial charge in [0.25, 0.3) is 0 Å². The molecule has 4 rings (SSSR count). The van der Waals surface area contributed by atoms with E-state index in [2.05, 4.69) is 62.5 Å². The lowest BCUT2D eigenvalue weighted by Gasteiger charge is -2.13. The minimum absolute atomic E-state index is 0.0630. The van der Waals surface area contributed by atoms with E-state index in [0.717, 1.165) is 0 Å². The molecule has 0 atom stereocenters. The van der Waals surface area contributed by atoms with Gasteiger partial charge < -0.3 is 14.5 Å². The summed E-state index contributed by atoms with van der Waals surface area (Å²) in [7, 11) is 0. The predicted molar refractivity (Wildman–Crippen MR) is 96.1 cm³/mol. The fourth-order valence-corrected chi connectivity index (χ4v) is 3.72. The van der Waals surface area contributed by atoms with Gasteiger partial charge in [-0.2, -0.15) is 0 Å². The average Bonchev–Trinajstić information content (AvgIpc) is 3.39. The number of carbonyl (C=O) groups excluding carboxylic acids is 1. The summed E-state index contributed by atoms with van der Waals surface area (Å²) in [4.78, 5) is 10.8. The molecule has 2 aromatic carbocycles. The average molecular weight is 399 g/mol. The highest BCUT2D eigenvalue weighted by atomic mass is 79.9. The number of aryl methyl sites for hydroxylation is 1. The summed E-state index contributed by atoms with van der Waals surface area (Å²) in [6, 6.07) is 12.9. The molecule has 3 aromatic rings. The van der Waals surface area contributed by atoms with Gasteiger partial charge in [-0.1, -0.05) is 36.4 Å². The Bertz CT molecular complexity index is 947. The van der Waals surface area contributed by atoms with Crippen molar-refractivity contribution < 1.29 is 9.90 Å². The van der Waals surface area contributed by atoms with Crippen molar-refractivity contribution in [2.75, 3.05) is 0 Å². The summed E-state index contributed by atoms with van der Waals surface area (Å²) >= 11 is 3.42. The SMILES string of the molecule is O=C([O-])CCc1nnc(Br)n1Cc1ccc(C2CC2)c2ccccc12. The quantitative estimate of drug-likeness (QED) is 0.639. The first-order chi connectivity index (χ1) is 12.1. The van der Waals surface area contributed by atoms with Crippen LogP contribution in [0.15, 0.2) is 41.1 Å². The van der Waals surface area contributed by atoms with Crippen LogP contribution in [0, 0.1) is 0 Å². The fraction of sp³-hybridized carbons (Fsp3) is 0.316. The molecule has 1 fully saturated rings. The zero-order chi connectivity index (χ0) is 17.4. The molecule has 0 amide bonds. The van der Waals surface area contributed by atoms with Crippen LogP contribution in [0.4, 0.5) is 0 Å². The molecular formula is C19H17BrN3O2-. The van der Waals surface area contributed by atoms with Crippen molar-refractivity contribution in [2.24, 2.45) is 0 Å². The third-order valence-electron chi connectivity index (χ3n) is 4.73. The van der Waals surface area contributed by atoms with Crippen LogP contribution in [0.3, 0.4) is 0 Å². The third kappa shape index (κ3) is 3.31. The summed E-state index contributed by atoms with van der Waals surface area (Å²) in [5.41, 5.74) is 2.61. The Morgan fingerprint density at radius 1 is 1.16 bits per heavy atom. The maximum absolute atomic E-state index is 10.8. The molecule has 1 saturated carbocycles. The highest BCUT2D eigenvalue weighted by molar-refractivity contribution is 9.10. The first-order valence-corrected chi connectivity index (χ1v) is 9.20. The number of nitrogens with zero attached hydrogens (tertiary/aromatic N) is 3. The summed E-state index contributed by atoms with van der Waals surface area (Å²) in [5.74, 6) is 0.260. The number of aliphatic carboxylic acids is 1. The number of carboxylic acids is 1. The van der Waals surface area contributed by atoms with Crippen LogP contribution in [0.2, 0.25) is 0 Å². The van der Waals surface area contributed by atoms with Gasteiger partial charge in [-0.15, -0.1) is 10.2 Å². The van der Waals surface area contributed by atoms with E-state index in [1.54, 1.807) is 0 Å². The molecule has 1 aliphatic carbocycles. The van der Waals surface area contributed by atoms with Gasteiger partial charge in [0.2, 0.25) is 0 Å². The molecule has 0 aliphatic heterocycles. The van der Waals surface area contributed by atoms with Crippen LogP contribution >= 0.6 is 15.9 Å². The smallest absolute Gasteiger partial charge is 0.200 e. The van der Waals surface area contributed by atoms with Crippen LogP contribution in [-0.4, -0.2) is 20.7 Å². The summed E-state index contributed by atoms with van der Waals surface area (Å²) in [6.45, 7) is 0.599. The van der Waals surface area contributed by atoms with E-state index in [4.69, 9.17) is 0 Å². The zero-order valence-electron chi connectivity index (χ0n) is 13.6. The van der Waals surface area contributed by atoms with Crippen molar-refractivity contribution >= 4 is 32.7 Å². The van der Waals surface area contributed by atoms with Gasteiger partial charge in [0.1, 0.15) is 5.82 Å². The van der Waals surface area contributed by atoms with Crippen LogP contribution < -0.4 is 5.11 Å². The van der Waals surface area contributed by atoms with E-state index in [1.807, 2.05) is 4.57 Å². The van der Waals surface area contributed by atoms with Crippen LogP contribution in [0.1, 0.15) is 42.1 Å². The van der Waals surface area contributed by atoms with E-state index >= 15 is 0 Å². The number of benzene rings is 2. The van der Waals surface area contributed by atoms with Crippen molar-refractivity contribution in [2.45, 2.75) is 38.1 Å². The van der Waals surface area contributed by atoms with Crippen LogP contribution in [0.25, 0.3) is 10.8 Å². The molecular weight excluding hydrogens is 382 g/mol. The summed E-state index contributed by atoms with van der Waals surface area (Å²) < 4.78 is 2.53. The van der Waals surface area contributed by atoms with Gasteiger partial charge >= 0.3 is 0 Å². The number of rotatable bonds is 6. The minimum atomic E-state index is -1.08. The Kier molecular flexibility index (Phi) is 4.29. The largest absolute Gasteiger partial charge is 0.550 e. The minimum Gasteiger partial charge on any atom is -0.550 e. The lowest BCUT2D eigenvalue weighted by atomic mass is 9.97. The molecule has 1 heterocycles. The van der Waals surface area contributed by atoms with Crippen molar-refractivity contribution in [1.29, 1.82) is 0 Å². The molecule has 25 heavy (non-hydrogen) atoms. The monoisotopic (exact) mass is 398 g/mol. The summed E-state index contributed by atoms with van der Waals surface area (Å²) in [6.07, 6.45) is 2.78. The predicted octanol–water partition coefficient (Wildman–Crippen LogP) is 2.80. The molecule has 5 nitrogen and oxygen atoms in total. The lowest BCUT2D eigenvalue weighted by Crippen LogP contribution is -2.23. The lowest BCUT2D eigenvalue weighted by molar-refractivity contribution is -0.305. The van der Waals surface area contributed by atoms with Crippen LogP contribution in [-0.2, 0) is 17.8 Å². The number of hydrogen-bond donors (Lipinski definition) is 0. The molecule has 0 saturated heterocycles. The van der Waals surface area contributed by atoms with E-state index in [0.29, 0.717) is 29.4 Å². The molecule has 1 aliphatic rings. The number of hydrogen-bond acceptors (Lipinski definition) is 4. The van der Waals surface area contributed by atoms with Gasteiger partial charge in [0.15, 0.2) is 4.73 Å². The maximum Gasteiger partial charge on any atom is 0.200 e. The molecule has 0 N–H and O–H groups in total. The molecule has 1 aromatic heterocycles. The Hall–Kier alpha value is -2.21. The van der Waals surface area contributed by atoms with Crippen LogP contribution in [0.5, 0.6) is 0 Å². The van der Waals surface area contributed by atoms with E-state index in [1.165, 1.54) is 34.7 Å². The van der Waals surface area contributed by atoms with Crippen molar-refractivity contribution in [3.8, 4) is 0 Å². The second-order valence-corrected chi connectivity index (χ2v) is 7.19. The van der Waals surface area contributed by atoms with Crippen molar-refractivity contribution in [1.82, 2.24) is 14.8 Å². The zero-order valence-corrected chi connectivity index (χ0v) is 15.2. The normalized spacial score (nSPS) is 14.1. The van der Waals surface area contributed by atoms with Gasteiger partial charge in [-0.25, -0.2) is 0 Å². The Morgan fingerprint density at radius 2 is 1.92 bits per heavy atom. The van der Waals surface area contributed by atoms with E-state index in [-0.39, 0.29) is 6.42 Å². The first-order valence-electron chi connectivity index (χ1n) is 8.41. The number of carboxylic acid groups (broad SMARTS) is 1. The van der Waals surface area contributed by atoms with Gasteiger partial charge in [-0.05, 0) is 63.0 Å². The topological polar surface area (TPSA) is 70.8 Å². The number of carbonyl (C=O) groups is 1. The third-order valence-corrected chi connectivity index (χ3v) is 5.32. The van der Waals surface area contributed by atoms with Gasteiger partial charge in [-0.3, -0.25) is 0 Å².